The highest BCUT2D eigenvalue weighted by Crippen LogP contribution is 2.30. The molecular formula is C22H18N2O3. The summed E-state index contributed by atoms with van der Waals surface area (Å²) < 4.78 is 10.8. The number of esters is 1. The molecule has 2 aromatic carbocycles. The standard InChI is InChI=1S/C22H18N2O3/c1-26-22(25)16-8-9-20-19(11-16)21(24-13-15-5-4-10-23-12-15)18-7-3-2-6-17(18)14-27-20/h2-12H,13-14H2,1H3. The van der Waals surface area contributed by atoms with Crippen molar-refractivity contribution in [1.82, 2.24) is 4.98 Å². The van der Waals surface area contributed by atoms with Crippen LogP contribution in [0.15, 0.2) is 72.0 Å². The number of hydrogen-bond acceptors (Lipinski definition) is 5. The normalized spacial score (nSPS) is 13.9. The summed E-state index contributed by atoms with van der Waals surface area (Å²) in [6.07, 6.45) is 3.54. The van der Waals surface area contributed by atoms with Gasteiger partial charge in [0.15, 0.2) is 0 Å². The number of carbonyl (C=O) groups is 1. The third-order valence-electron chi connectivity index (χ3n) is 4.45. The van der Waals surface area contributed by atoms with Crippen LogP contribution in [0.2, 0.25) is 0 Å². The smallest absolute Gasteiger partial charge is 0.337 e. The Morgan fingerprint density at radius 3 is 2.85 bits per heavy atom. The first-order valence-corrected chi connectivity index (χ1v) is 8.63. The second-order valence-electron chi connectivity index (χ2n) is 6.17. The predicted molar refractivity (Wildman–Crippen MR) is 102 cm³/mol. The van der Waals surface area contributed by atoms with Gasteiger partial charge in [-0.25, -0.2) is 4.79 Å². The zero-order valence-electron chi connectivity index (χ0n) is 14.9. The zero-order chi connectivity index (χ0) is 18.6. The van der Waals surface area contributed by atoms with E-state index >= 15 is 0 Å². The molecule has 5 heteroatoms. The molecule has 4 rings (SSSR count). The van der Waals surface area contributed by atoms with E-state index in [1.54, 1.807) is 30.6 Å². The molecule has 0 saturated carbocycles. The highest BCUT2D eigenvalue weighted by Gasteiger charge is 2.22. The maximum Gasteiger partial charge on any atom is 0.337 e. The number of rotatable bonds is 3. The molecule has 27 heavy (non-hydrogen) atoms. The van der Waals surface area contributed by atoms with Crippen molar-refractivity contribution in [3.63, 3.8) is 0 Å². The van der Waals surface area contributed by atoms with Gasteiger partial charge in [0.05, 0.1) is 24.9 Å². The molecule has 0 amide bonds. The number of methoxy groups -OCH3 is 1. The maximum atomic E-state index is 12.0. The Morgan fingerprint density at radius 2 is 2.04 bits per heavy atom. The van der Waals surface area contributed by atoms with E-state index in [9.17, 15) is 4.79 Å². The van der Waals surface area contributed by atoms with E-state index in [1.807, 2.05) is 36.4 Å². The van der Waals surface area contributed by atoms with Gasteiger partial charge in [0.2, 0.25) is 0 Å². The number of carbonyl (C=O) groups excluding carboxylic acids is 1. The van der Waals surface area contributed by atoms with E-state index in [1.165, 1.54) is 7.11 Å². The van der Waals surface area contributed by atoms with Crippen LogP contribution < -0.4 is 4.74 Å². The molecule has 0 unspecified atom stereocenters. The Kier molecular flexibility index (Phi) is 4.66. The van der Waals surface area contributed by atoms with E-state index in [-0.39, 0.29) is 5.97 Å². The number of benzene rings is 2. The van der Waals surface area contributed by atoms with Crippen molar-refractivity contribution in [2.24, 2.45) is 4.99 Å². The number of hydrogen-bond donors (Lipinski definition) is 0. The van der Waals surface area contributed by atoms with Crippen molar-refractivity contribution < 1.29 is 14.3 Å². The van der Waals surface area contributed by atoms with Crippen LogP contribution in [-0.4, -0.2) is 23.8 Å². The lowest BCUT2D eigenvalue weighted by molar-refractivity contribution is 0.0600. The third-order valence-corrected chi connectivity index (χ3v) is 4.45. The van der Waals surface area contributed by atoms with Gasteiger partial charge >= 0.3 is 5.97 Å². The lowest BCUT2D eigenvalue weighted by Crippen LogP contribution is -2.08. The molecule has 0 saturated heterocycles. The Morgan fingerprint density at radius 1 is 1.15 bits per heavy atom. The van der Waals surface area contributed by atoms with Crippen LogP contribution >= 0.6 is 0 Å². The molecule has 0 atom stereocenters. The highest BCUT2D eigenvalue weighted by atomic mass is 16.5. The lowest BCUT2D eigenvalue weighted by atomic mass is 9.96. The monoisotopic (exact) mass is 358 g/mol. The largest absolute Gasteiger partial charge is 0.488 e. The molecule has 3 aromatic rings. The molecule has 2 heterocycles. The summed E-state index contributed by atoms with van der Waals surface area (Å²) in [6.45, 7) is 0.937. The van der Waals surface area contributed by atoms with Crippen molar-refractivity contribution in [2.45, 2.75) is 13.2 Å². The van der Waals surface area contributed by atoms with Crippen LogP contribution in [0.25, 0.3) is 0 Å². The van der Waals surface area contributed by atoms with Crippen molar-refractivity contribution in [2.75, 3.05) is 7.11 Å². The van der Waals surface area contributed by atoms with Crippen LogP contribution in [0.4, 0.5) is 0 Å². The highest BCUT2D eigenvalue weighted by molar-refractivity contribution is 6.16. The van der Waals surface area contributed by atoms with Crippen LogP contribution in [0.3, 0.4) is 0 Å². The molecule has 0 bridgehead atoms. The van der Waals surface area contributed by atoms with Crippen molar-refractivity contribution >= 4 is 11.7 Å². The maximum absolute atomic E-state index is 12.0. The number of nitrogens with zero attached hydrogens (tertiary/aromatic N) is 2. The molecule has 1 aliphatic heterocycles. The van der Waals surface area contributed by atoms with E-state index in [2.05, 4.69) is 4.98 Å². The van der Waals surface area contributed by atoms with Crippen LogP contribution in [0.5, 0.6) is 5.75 Å². The van der Waals surface area contributed by atoms with Gasteiger partial charge in [-0.2, -0.15) is 0 Å². The summed E-state index contributed by atoms with van der Waals surface area (Å²) in [6, 6.07) is 17.2. The minimum absolute atomic E-state index is 0.387. The van der Waals surface area contributed by atoms with Crippen LogP contribution in [0.1, 0.15) is 32.6 Å². The number of ether oxygens (including phenoxy) is 2. The summed E-state index contributed by atoms with van der Waals surface area (Å²) in [5.74, 6) is 0.311. The fraction of sp³-hybridized carbons (Fsp3) is 0.136. The zero-order valence-corrected chi connectivity index (χ0v) is 14.9. The van der Waals surface area contributed by atoms with Gasteiger partial charge in [-0.3, -0.25) is 9.98 Å². The van der Waals surface area contributed by atoms with Crippen LogP contribution in [-0.2, 0) is 17.9 Å². The van der Waals surface area contributed by atoms with Gasteiger partial charge in [0.25, 0.3) is 0 Å². The van der Waals surface area contributed by atoms with Crippen molar-refractivity contribution in [3.8, 4) is 5.75 Å². The van der Waals surface area contributed by atoms with Gasteiger partial charge < -0.3 is 9.47 Å². The topological polar surface area (TPSA) is 60.8 Å². The second kappa shape index (κ2) is 7.41. The average Bonchev–Trinajstić information content (AvgIpc) is 2.88. The summed E-state index contributed by atoms with van der Waals surface area (Å²) in [4.78, 5) is 21.0. The molecule has 0 radical (unpaired) electrons. The van der Waals surface area contributed by atoms with Crippen molar-refractivity contribution in [1.29, 1.82) is 0 Å². The molecule has 0 fully saturated rings. The van der Waals surface area contributed by atoms with Gasteiger partial charge in [0, 0.05) is 23.5 Å². The first-order chi connectivity index (χ1) is 13.3. The number of fused-ring (bicyclic) bond motifs is 2. The predicted octanol–water partition coefficient (Wildman–Crippen LogP) is 3.80. The molecule has 0 N–H and O–H groups in total. The molecule has 5 nitrogen and oxygen atoms in total. The molecule has 134 valence electrons. The van der Waals surface area contributed by atoms with Gasteiger partial charge in [-0.05, 0) is 35.4 Å². The number of pyridine rings is 1. The minimum atomic E-state index is -0.387. The van der Waals surface area contributed by atoms with E-state index < -0.39 is 0 Å². The Labute approximate surface area is 157 Å². The molecule has 0 aliphatic carbocycles. The fourth-order valence-corrected chi connectivity index (χ4v) is 3.10. The summed E-state index contributed by atoms with van der Waals surface area (Å²) in [5.41, 5.74) is 5.12. The number of aliphatic imine (C=N–C) groups is 1. The Hall–Kier alpha value is -3.47. The third kappa shape index (κ3) is 3.44. The van der Waals surface area contributed by atoms with Gasteiger partial charge in [-0.1, -0.05) is 30.3 Å². The van der Waals surface area contributed by atoms with Crippen LogP contribution in [0, 0.1) is 0 Å². The summed E-state index contributed by atoms with van der Waals surface area (Å²) >= 11 is 0. The van der Waals surface area contributed by atoms with E-state index in [0.717, 1.165) is 28.0 Å². The SMILES string of the molecule is COC(=O)c1ccc2c(c1)C(=NCc1cccnc1)c1ccccc1CO2. The summed E-state index contributed by atoms with van der Waals surface area (Å²) in [7, 11) is 1.37. The molecular weight excluding hydrogens is 340 g/mol. The lowest BCUT2D eigenvalue weighted by Gasteiger charge is -2.11. The fourth-order valence-electron chi connectivity index (χ4n) is 3.10. The number of aromatic nitrogens is 1. The Balaban J connectivity index is 1.85. The first kappa shape index (κ1) is 17.0. The van der Waals surface area contributed by atoms with E-state index in [0.29, 0.717) is 24.5 Å². The Bertz CT molecular complexity index is 1010. The van der Waals surface area contributed by atoms with E-state index in [4.69, 9.17) is 14.5 Å². The second-order valence-corrected chi connectivity index (χ2v) is 6.17. The summed E-state index contributed by atoms with van der Waals surface area (Å²) in [5, 5.41) is 0. The molecule has 1 aliphatic rings. The molecule has 1 aromatic heterocycles. The first-order valence-electron chi connectivity index (χ1n) is 8.63. The molecule has 0 spiro atoms. The van der Waals surface area contributed by atoms with Crippen molar-refractivity contribution in [3.05, 3.63) is 94.8 Å². The van der Waals surface area contributed by atoms with Gasteiger partial charge in [-0.15, -0.1) is 0 Å². The minimum Gasteiger partial charge on any atom is -0.488 e. The average molecular weight is 358 g/mol. The van der Waals surface area contributed by atoms with Gasteiger partial charge in [0.1, 0.15) is 12.4 Å². The quantitative estimate of drug-likeness (QED) is 0.668.